The number of carbonyl (C=O) groups is 2. The van der Waals surface area contributed by atoms with E-state index in [0.717, 1.165) is 51.4 Å². The molecule has 0 rings (SSSR count). The van der Waals surface area contributed by atoms with E-state index in [1.807, 2.05) is 6.08 Å². The topological polar surface area (TPSA) is 72.8 Å². The molecule has 0 aliphatic rings. The van der Waals surface area contributed by atoms with E-state index in [1.165, 1.54) is 167 Å². The Kier molecular flexibility index (Phi) is 48.4. The third kappa shape index (κ3) is 48.0. The van der Waals surface area contributed by atoms with Crippen LogP contribution >= 0.6 is 0 Å². The van der Waals surface area contributed by atoms with Crippen molar-refractivity contribution in [3.63, 3.8) is 0 Å². The maximum Gasteiger partial charge on any atom is 0.310 e. The first-order valence-electron chi connectivity index (χ1n) is 25.5. The maximum absolute atomic E-state index is 12.2. The SMILES string of the molecule is CC/C=C\C/C=C\C/C=C\C/C=C\C/C=C\CC(=O)OC(CO)COC(=O)CCCCCCCCCCCCCCCCCCCCC/C=C\CCCCCCCCCC. The van der Waals surface area contributed by atoms with E-state index in [0.29, 0.717) is 6.42 Å². The molecule has 0 spiro atoms. The Morgan fingerprint density at radius 2 is 0.767 bits per heavy atom. The van der Waals surface area contributed by atoms with E-state index in [1.54, 1.807) is 6.08 Å². The third-order valence-electron chi connectivity index (χ3n) is 11.0. The van der Waals surface area contributed by atoms with Crippen molar-refractivity contribution in [2.75, 3.05) is 13.2 Å². The van der Waals surface area contributed by atoms with Crippen LogP contribution in [0.3, 0.4) is 0 Å². The second kappa shape index (κ2) is 50.7. The summed E-state index contributed by atoms with van der Waals surface area (Å²) < 4.78 is 10.6. The molecule has 5 nitrogen and oxygen atoms in total. The van der Waals surface area contributed by atoms with E-state index < -0.39 is 12.1 Å². The van der Waals surface area contributed by atoms with Crippen LogP contribution in [0.4, 0.5) is 0 Å². The zero-order valence-electron chi connectivity index (χ0n) is 39.5. The summed E-state index contributed by atoms with van der Waals surface area (Å²) in [5.41, 5.74) is 0. The summed E-state index contributed by atoms with van der Waals surface area (Å²) in [6.07, 6.45) is 69.0. The van der Waals surface area contributed by atoms with Crippen molar-refractivity contribution < 1.29 is 24.2 Å². The van der Waals surface area contributed by atoms with Crippen molar-refractivity contribution in [2.24, 2.45) is 0 Å². The molecule has 0 fully saturated rings. The molecule has 1 atom stereocenters. The molecule has 0 aliphatic carbocycles. The molecule has 0 aromatic carbocycles. The zero-order chi connectivity index (χ0) is 43.5. The molecule has 0 aromatic rings. The van der Waals surface area contributed by atoms with Gasteiger partial charge in [-0.1, -0.05) is 241 Å². The van der Waals surface area contributed by atoms with Crippen LogP contribution in [-0.2, 0) is 19.1 Å². The predicted molar refractivity (Wildman–Crippen MR) is 260 cm³/mol. The highest BCUT2D eigenvalue weighted by Crippen LogP contribution is 2.16. The summed E-state index contributed by atoms with van der Waals surface area (Å²) in [5.74, 6) is -0.734. The number of unbranched alkanes of at least 4 members (excludes halogenated alkanes) is 27. The van der Waals surface area contributed by atoms with Crippen LogP contribution < -0.4 is 0 Å². The summed E-state index contributed by atoms with van der Waals surface area (Å²) >= 11 is 0. The molecule has 1 unspecified atom stereocenters. The molecule has 1 N–H and O–H groups in total. The highest BCUT2D eigenvalue weighted by atomic mass is 16.6. The lowest BCUT2D eigenvalue weighted by atomic mass is 10.0. The standard InChI is InChI=1S/C55H96O5/c1-3-5-7-9-11-13-15-17-19-20-21-22-23-24-25-26-27-28-29-30-31-32-33-34-36-37-39-41-43-45-47-49-54(57)59-52-53(51-56)60-55(58)50-48-46-44-42-40-38-35-18-16-14-12-10-8-6-4-2/h6,8,12,14,18,20-21,35,40,42,46,48,53,56H,3-5,7,9-11,13,15-17,19,22-34,36-39,41,43-45,47,49-52H2,1-2H3/b8-6-,14-12-,21-20-,35-18-,42-40-,48-46-. The van der Waals surface area contributed by atoms with Crippen LogP contribution in [0.25, 0.3) is 0 Å². The van der Waals surface area contributed by atoms with E-state index in [2.05, 4.69) is 74.6 Å². The van der Waals surface area contributed by atoms with E-state index in [9.17, 15) is 14.7 Å². The Balaban J connectivity index is 3.49. The maximum atomic E-state index is 12.2. The number of esters is 2. The van der Waals surface area contributed by atoms with Gasteiger partial charge in [0, 0.05) is 6.42 Å². The Labute approximate surface area is 372 Å². The molecule has 0 radical (unpaired) electrons. The molecule has 0 aromatic heterocycles. The predicted octanol–water partition coefficient (Wildman–Crippen LogP) is 16.9. The molecule has 0 saturated heterocycles. The van der Waals surface area contributed by atoms with Gasteiger partial charge in [-0.2, -0.15) is 0 Å². The van der Waals surface area contributed by atoms with Gasteiger partial charge in [-0.05, 0) is 64.2 Å². The summed E-state index contributed by atoms with van der Waals surface area (Å²) in [6, 6.07) is 0. The number of hydrogen-bond donors (Lipinski definition) is 1. The van der Waals surface area contributed by atoms with Gasteiger partial charge in [0.25, 0.3) is 0 Å². The fraction of sp³-hybridized carbons (Fsp3) is 0.745. The van der Waals surface area contributed by atoms with Gasteiger partial charge in [0.15, 0.2) is 6.10 Å². The van der Waals surface area contributed by atoms with Crippen molar-refractivity contribution in [2.45, 2.75) is 251 Å². The average molecular weight is 837 g/mol. The number of aliphatic hydroxyl groups excluding tert-OH is 1. The lowest BCUT2D eigenvalue weighted by molar-refractivity contribution is -0.160. The molecule has 0 aliphatic heterocycles. The lowest BCUT2D eigenvalue weighted by Crippen LogP contribution is -2.28. The first kappa shape index (κ1) is 57.3. The van der Waals surface area contributed by atoms with Crippen molar-refractivity contribution >= 4 is 11.9 Å². The summed E-state index contributed by atoms with van der Waals surface area (Å²) in [5, 5.41) is 9.58. The number of carbonyl (C=O) groups excluding carboxylic acids is 2. The number of aliphatic hydroxyl groups is 1. The monoisotopic (exact) mass is 837 g/mol. The fourth-order valence-electron chi connectivity index (χ4n) is 7.21. The molecule has 0 bridgehead atoms. The van der Waals surface area contributed by atoms with E-state index in [-0.39, 0.29) is 25.6 Å². The lowest BCUT2D eigenvalue weighted by Gasteiger charge is -2.15. The molecule has 60 heavy (non-hydrogen) atoms. The van der Waals surface area contributed by atoms with Crippen LogP contribution in [0.5, 0.6) is 0 Å². The van der Waals surface area contributed by atoms with Crippen LogP contribution in [0, 0.1) is 0 Å². The Morgan fingerprint density at radius 1 is 0.417 bits per heavy atom. The molecular weight excluding hydrogens is 741 g/mol. The number of hydrogen-bond acceptors (Lipinski definition) is 5. The highest BCUT2D eigenvalue weighted by molar-refractivity contribution is 5.71. The molecule has 0 amide bonds. The second-order valence-corrected chi connectivity index (χ2v) is 16.9. The number of ether oxygens (including phenoxy) is 2. The first-order chi connectivity index (χ1) is 29.6. The molecule has 346 valence electrons. The third-order valence-corrected chi connectivity index (χ3v) is 11.0. The largest absolute Gasteiger partial charge is 0.462 e. The van der Waals surface area contributed by atoms with Crippen LogP contribution in [0.1, 0.15) is 245 Å². The quantitative estimate of drug-likeness (QED) is 0.0376. The van der Waals surface area contributed by atoms with Gasteiger partial charge in [0.1, 0.15) is 6.61 Å². The van der Waals surface area contributed by atoms with Gasteiger partial charge in [0.2, 0.25) is 0 Å². The smallest absolute Gasteiger partial charge is 0.310 e. The van der Waals surface area contributed by atoms with Crippen molar-refractivity contribution in [1.82, 2.24) is 0 Å². The summed E-state index contributed by atoms with van der Waals surface area (Å²) in [7, 11) is 0. The molecule has 0 saturated carbocycles. The van der Waals surface area contributed by atoms with Crippen LogP contribution in [0.15, 0.2) is 72.9 Å². The Bertz CT molecular complexity index is 1080. The van der Waals surface area contributed by atoms with Crippen molar-refractivity contribution in [3.05, 3.63) is 72.9 Å². The van der Waals surface area contributed by atoms with Crippen molar-refractivity contribution in [1.29, 1.82) is 0 Å². The zero-order valence-corrected chi connectivity index (χ0v) is 39.5. The van der Waals surface area contributed by atoms with Gasteiger partial charge < -0.3 is 14.6 Å². The van der Waals surface area contributed by atoms with Gasteiger partial charge in [0.05, 0.1) is 13.0 Å². The average Bonchev–Trinajstić information content (AvgIpc) is 3.25. The molecule has 5 heteroatoms. The van der Waals surface area contributed by atoms with Gasteiger partial charge in [-0.25, -0.2) is 0 Å². The number of rotatable bonds is 46. The summed E-state index contributed by atoms with van der Waals surface area (Å²) in [4.78, 5) is 24.3. The second-order valence-electron chi connectivity index (χ2n) is 16.9. The Hall–Kier alpha value is -2.66. The van der Waals surface area contributed by atoms with Gasteiger partial charge in [-0.3, -0.25) is 9.59 Å². The highest BCUT2D eigenvalue weighted by Gasteiger charge is 2.15. The first-order valence-corrected chi connectivity index (χ1v) is 25.5. The normalized spacial score (nSPS) is 12.8. The fourth-order valence-corrected chi connectivity index (χ4v) is 7.21. The minimum Gasteiger partial charge on any atom is -0.462 e. The van der Waals surface area contributed by atoms with E-state index >= 15 is 0 Å². The van der Waals surface area contributed by atoms with Crippen molar-refractivity contribution in [3.8, 4) is 0 Å². The molecule has 0 heterocycles. The summed E-state index contributed by atoms with van der Waals surface area (Å²) in [6.45, 7) is 3.95. The van der Waals surface area contributed by atoms with Gasteiger partial charge >= 0.3 is 11.9 Å². The number of allylic oxidation sites excluding steroid dienone is 11. The molecular formula is C55H96O5. The minimum atomic E-state index is -0.828. The minimum absolute atomic E-state index is 0.106. The van der Waals surface area contributed by atoms with E-state index in [4.69, 9.17) is 9.47 Å². The van der Waals surface area contributed by atoms with Gasteiger partial charge in [-0.15, -0.1) is 0 Å². The van der Waals surface area contributed by atoms with Crippen LogP contribution in [-0.4, -0.2) is 36.4 Å². The van der Waals surface area contributed by atoms with Crippen LogP contribution in [0.2, 0.25) is 0 Å². The Morgan fingerprint density at radius 3 is 1.15 bits per heavy atom.